The minimum Gasteiger partial charge on any atom is -0.376 e. The molecule has 146 valence electrons. The number of benzene rings is 1. The van der Waals surface area contributed by atoms with Crippen molar-refractivity contribution >= 4 is 34.6 Å². The molecule has 0 saturated carbocycles. The molecule has 1 unspecified atom stereocenters. The maximum Gasteiger partial charge on any atom is 0.270 e. The molecule has 0 radical (unpaired) electrons. The van der Waals surface area contributed by atoms with E-state index in [0.29, 0.717) is 30.9 Å². The number of carbonyl (C=O) groups is 2. The molecule has 2 aliphatic rings. The smallest absolute Gasteiger partial charge is 0.270 e. The second kappa shape index (κ2) is 8.67. The second-order valence-corrected chi connectivity index (χ2v) is 8.02. The average molecular weight is 398 g/mol. The highest BCUT2D eigenvalue weighted by Crippen LogP contribution is 2.22. The van der Waals surface area contributed by atoms with Crippen LogP contribution >= 0.6 is 11.3 Å². The fourth-order valence-electron chi connectivity index (χ4n) is 3.50. The summed E-state index contributed by atoms with van der Waals surface area (Å²) in [6, 6.07) is 13.3. The van der Waals surface area contributed by atoms with E-state index < -0.39 is 0 Å². The molecular weight excluding hydrogens is 374 g/mol. The van der Waals surface area contributed by atoms with Gasteiger partial charge in [0.1, 0.15) is 5.71 Å². The first-order valence-electron chi connectivity index (χ1n) is 9.59. The van der Waals surface area contributed by atoms with E-state index in [0.717, 1.165) is 24.3 Å². The van der Waals surface area contributed by atoms with E-state index in [2.05, 4.69) is 5.10 Å². The van der Waals surface area contributed by atoms with E-state index in [-0.39, 0.29) is 24.3 Å². The van der Waals surface area contributed by atoms with E-state index in [1.807, 2.05) is 52.7 Å². The molecule has 0 N–H and O–H groups in total. The predicted molar refractivity (Wildman–Crippen MR) is 109 cm³/mol. The van der Waals surface area contributed by atoms with Gasteiger partial charge in [0.25, 0.3) is 5.91 Å². The Bertz CT molecular complexity index is 845. The predicted octanol–water partition coefficient (Wildman–Crippen LogP) is 3.44. The van der Waals surface area contributed by atoms with Crippen molar-refractivity contribution in [2.45, 2.75) is 38.3 Å². The minimum atomic E-state index is -0.114. The van der Waals surface area contributed by atoms with Gasteiger partial charge < -0.3 is 9.64 Å². The highest BCUT2D eigenvalue weighted by atomic mass is 32.1. The van der Waals surface area contributed by atoms with E-state index in [1.54, 1.807) is 11.3 Å². The molecule has 1 aromatic carbocycles. The molecule has 4 rings (SSSR count). The van der Waals surface area contributed by atoms with Gasteiger partial charge in [0.2, 0.25) is 5.91 Å². The lowest BCUT2D eigenvalue weighted by Crippen LogP contribution is -2.44. The number of rotatable bonds is 6. The van der Waals surface area contributed by atoms with Gasteiger partial charge in [-0.25, -0.2) is 5.01 Å². The van der Waals surface area contributed by atoms with Gasteiger partial charge in [0.15, 0.2) is 0 Å². The van der Waals surface area contributed by atoms with Crippen molar-refractivity contribution in [3.05, 3.63) is 52.7 Å². The summed E-state index contributed by atoms with van der Waals surface area (Å²) in [5, 5.41) is 7.79. The topological polar surface area (TPSA) is 62.2 Å². The van der Waals surface area contributed by atoms with E-state index in [9.17, 15) is 9.59 Å². The van der Waals surface area contributed by atoms with Crippen LogP contribution in [0.2, 0.25) is 0 Å². The SMILES string of the molecule is O=C(C1=NN(c2ccccc2)C(=O)CC1)N(Cc1cccs1)CC1CCCO1. The first kappa shape index (κ1) is 18.8. The largest absolute Gasteiger partial charge is 0.376 e. The number of amides is 2. The van der Waals surface area contributed by atoms with Crippen LogP contribution in [0.3, 0.4) is 0 Å². The monoisotopic (exact) mass is 397 g/mol. The van der Waals surface area contributed by atoms with Crippen molar-refractivity contribution in [2.75, 3.05) is 18.2 Å². The Morgan fingerprint density at radius 1 is 1.21 bits per heavy atom. The van der Waals surface area contributed by atoms with Crippen LogP contribution in [0.1, 0.15) is 30.6 Å². The molecule has 2 aliphatic heterocycles. The van der Waals surface area contributed by atoms with Crippen molar-refractivity contribution < 1.29 is 14.3 Å². The zero-order valence-corrected chi connectivity index (χ0v) is 16.4. The Morgan fingerprint density at radius 2 is 2.07 bits per heavy atom. The van der Waals surface area contributed by atoms with Crippen LogP contribution in [-0.4, -0.2) is 41.7 Å². The van der Waals surface area contributed by atoms with Gasteiger partial charge in [-0.1, -0.05) is 24.3 Å². The van der Waals surface area contributed by atoms with Crippen LogP contribution in [0.25, 0.3) is 0 Å². The summed E-state index contributed by atoms with van der Waals surface area (Å²) in [5.41, 5.74) is 1.11. The number of thiophene rings is 1. The normalized spacial score (nSPS) is 19.6. The van der Waals surface area contributed by atoms with Crippen LogP contribution in [0.15, 0.2) is 52.9 Å². The number of nitrogens with zero attached hydrogens (tertiary/aromatic N) is 3. The van der Waals surface area contributed by atoms with Gasteiger partial charge in [0, 0.05) is 30.9 Å². The lowest BCUT2D eigenvalue weighted by molar-refractivity contribution is -0.126. The standard InChI is InChI=1S/C21H23N3O3S/c25-20-11-10-19(22-24(20)16-6-2-1-3-7-16)21(26)23(14-17-8-4-12-27-17)15-18-9-5-13-28-18/h1-3,5-7,9,13,17H,4,8,10-12,14-15H2. The van der Waals surface area contributed by atoms with Gasteiger partial charge >= 0.3 is 0 Å². The maximum absolute atomic E-state index is 13.3. The molecule has 0 bridgehead atoms. The zero-order valence-electron chi connectivity index (χ0n) is 15.6. The van der Waals surface area contributed by atoms with Crippen LogP contribution in [0, 0.1) is 0 Å². The van der Waals surface area contributed by atoms with E-state index in [1.165, 1.54) is 5.01 Å². The summed E-state index contributed by atoms with van der Waals surface area (Å²) in [7, 11) is 0. The minimum absolute atomic E-state index is 0.0694. The van der Waals surface area contributed by atoms with Gasteiger partial charge in [-0.05, 0) is 36.4 Å². The van der Waals surface area contributed by atoms with Crippen molar-refractivity contribution in [1.29, 1.82) is 0 Å². The summed E-state index contributed by atoms with van der Waals surface area (Å²) in [6.07, 6.45) is 2.72. The second-order valence-electron chi connectivity index (χ2n) is 6.99. The quantitative estimate of drug-likeness (QED) is 0.750. The van der Waals surface area contributed by atoms with E-state index >= 15 is 0 Å². The lowest BCUT2D eigenvalue weighted by Gasteiger charge is -2.28. The zero-order chi connectivity index (χ0) is 19.3. The summed E-state index contributed by atoms with van der Waals surface area (Å²) < 4.78 is 5.75. The van der Waals surface area contributed by atoms with Crippen molar-refractivity contribution in [2.24, 2.45) is 5.10 Å². The Morgan fingerprint density at radius 3 is 2.79 bits per heavy atom. The number of anilines is 1. The first-order chi connectivity index (χ1) is 13.7. The van der Waals surface area contributed by atoms with Crippen LogP contribution in [-0.2, 0) is 20.9 Å². The van der Waals surface area contributed by atoms with Gasteiger partial charge in [-0.3, -0.25) is 9.59 Å². The molecule has 2 aromatic rings. The Hall–Kier alpha value is -2.51. The number of ether oxygens (including phenoxy) is 1. The Balaban J connectivity index is 1.56. The van der Waals surface area contributed by atoms with Crippen LogP contribution in [0.5, 0.6) is 0 Å². The van der Waals surface area contributed by atoms with Crippen molar-refractivity contribution in [1.82, 2.24) is 4.90 Å². The fourth-order valence-corrected chi connectivity index (χ4v) is 4.22. The molecule has 28 heavy (non-hydrogen) atoms. The average Bonchev–Trinajstić information content (AvgIpc) is 3.42. The fraction of sp³-hybridized carbons (Fsp3) is 0.381. The summed E-state index contributed by atoms with van der Waals surface area (Å²) >= 11 is 1.63. The maximum atomic E-state index is 13.3. The summed E-state index contributed by atoms with van der Waals surface area (Å²) in [5.74, 6) is -0.205. The molecule has 1 aromatic heterocycles. The number of hydrazone groups is 1. The molecule has 7 heteroatoms. The Kier molecular flexibility index (Phi) is 5.83. The molecule has 6 nitrogen and oxygen atoms in total. The van der Waals surface area contributed by atoms with Crippen LogP contribution < -0.4 is 5.01 Å². The third-order valence-corrected chi connectivity index (χ3v) is 5.80. The number of hydrogen-bond acceptors (Lipinski definition) is 5. The Labute approximate surface area is 168 Å². The van der Waals surface area contributed by atoms with Gasteiger partial charge in [-0.2, -0.15) is 5.10 Å². The third-order valence-electron chi connectivity index (χ3n) is 4.94. The summed E-state index contributed by atoms with van der Waals surface area (Å²) in [4.78, 5) is 28.6. The molecular formula is C21H23N3O3S. The van der Waals surface area contributed by atoms with E-state index in [4.69, 9.17) is 4.74 Å². The third kappa shape index (κ3) is 4.31. The molecule has 3 heterocycles. The number of carbonyl (C=O) groups excluding carboxylic acids is 2. The van der Waals surface area contributed by atoms with Crippen molar-refractivity contribution in [3.8, 4) is 0 Å². The highest BCUT2D eigenvalue weighted by molar-refractivity contribution is 7.09. The van der Waals surface area contributed by atoms with Gasteiger partial charge in [-0.15, -0.1) is 11.3 Å². The molecule has 1 atom stereocenters. The molecule has 2 amide bonds. The molecule has 0 aliphatic carbocycles. The highest BCUT2D eigenvalue weighted by Gasteiger charge is 2.30. The molecule has 1 fully saturated rings. The first-order valence-corrected chi connectivity index (χ1v) is 10.5. The van der Waals surface area contributed by atoms with Gasteiger partial charge in [0.05, 0.1) is 18.3 Å². The van der Waals surface area contributed by atoms with Crippen LogP contribution in [0.4, 0.5) is 5.69 Å². The number of hydrogen-bond donors (Lipinski definition) is 0. The summed E-state index contributed by atoms with van der Waals surface area (Å²) in [6.45, 7) is 1.84. The lowest BCUT2D eigenvalue weighted by atomic mass is 10.1. The number of para-hydroxylation sites is 1. The molecule has 0 spiro atoms. The molecule has 1 saturated heterocycles. The van der Waals surface area contributed by atoms with Crippen molar-refractivity contribution in [3.63, 3.8) is 0 Å².